The number of benzene rings is 1. The monoisotopic (exact) mass is 283 g/mol. The van der Waals surface area contributed by atoms with Gasteiger partial charge in [-0.15, -0.1) is 6.42 Å². The summed E-state index contributed by atoms with van der Waals surface area (Å²) in [6.45, 7) is 4.05. The molecule has 0 heterocycles. The third kappa shape index (κ3) is 3.33. The maximum Gasteiger partial charge on any atom is 0.137 e. The normalized spacial score (nSPS) is 14.2. The summed E-state index contributed by atoms with van der Waals surface area (Å²) in [6, 6.07) is 5.16. The molecule has 0 aromatic heterocycles. The molecule has 0 saturated heterocycles. The van der Waals surface area contributed by atoms with Crippen molar-refractivity contribution < 1.29 is 4.39 Å². The average molecular weight is 284 g/mol. The Labute approximate surface area is 105 Å². The fraction of sp³-hybridized carbons (Fsp3) is 0.385. The van der Waals surface area contributed by atoms with Crippen molar-refractivity contribution in [3.8, 4) is 12.3 Å². The van der Waals surface area contributed by atoms with Gasteiger partial charge in [0.25, 0.3) is 0 Å². The Morgan fingerprint density at radius 2 is 2.25 bits per heavy atom. The van der Waals surface area contributed by atoms with Crippen LogP contribution < -0.4 is 5.32 Å². The summed E-state index contributed by atoms with van der Waals surface area (Å²) in [4.78, 5) is 0. The predicted octanol–water partition coefficient (Wildman–Crippen LogP) is 3.65. The number of terminal acetylenes is 1. The zero-order valence-electron chi connectivity index (χ0n) is 9.43. The van der Waals surface area contributed by atoms with Crippen LogP contribution in [0.3, 0.4) is 0 Å². The van der Waals surface area contributed by atoms with Gasteiger partial charge in [0.2, 0.25) is 0 Å². The quantitative estimate of drug-likeness (QED) is 0.832. The zero-order valence-corrected chi connectivity index (χ0v) is 11.0. The highest BCUT2D eigenvalue weighted by Gasteiger charge is 2.11. The van der Waals surface area contributed by atoms with Crippen LogP contribution in [-0.4, -0.2) is 6.04 Å². The van der Waals surface area contributed by atoms with E-state index < -0.39 is 0 Å². The molecule has 0 aliphatic heterocycles. The van der Waals surface area contributed by atoms with Gasteiger partial charge in [-0.3, -0.25) is 5.32 Å². The molecule has 1 rings (SSSR count). The maximum atomic E-state index is 13.1. The molecule has 2 atom stereocenters. The SMILES string of the molecule is C#CC(CC)NC(C)c1ccc(F)c(Br)c1. The predicted molar refractivity (Wildman–Crippen MR) is 68.6 cm³/mol. The van der Waals surface area contributed by atoms with Crippen LogP contribution in [0, 0.1) is 18.2 Å². The maximum absolute atomic E-state index is 13.1. The molecule has 0 aliphatic rings. The van der Waals surface area contributed by atoms with Gasteiger partial charge in [0.05, 0.1) is 10.5 Å². The minimum Gasteiger partial charge on any atom is -0.297 e. The Morgan fingerprint density at radius 1 is 1.56 bits per heavy atom. The van der Waals surface area contributed by atoms with E-state index in [-0.39, 0.29) is 17.9 Å². The highest BCUT2D eigenvalue weighted by atomic mass is 79.9. The second-order valence-corrected chi connectivity index (χ2v) is 4.54. The first-order valence-corrected chi connectivity index (χ1v) is 6.05. The van der Waals surface area contributed by atoms with Crippen molar-refractivity contribution in [3.63, 3.8) is 0 Å². The molecule has 0 radical (unpaired) electrons. The Balaban J connectivity index is 2.77. The molecule has 0 bridgehead atoms. The molecule has 0 spiro atoms. The Morgan fingerprint density at radius 3 is 2.75 bits per heavy atom. The Hall–Kier alpha value is -0.850. The lowest BCUT2D eigenvalue weighted by Crippen LogP contribution is -2.29. The van der Waals surface area contributed by atoms with Crippen LogP contribution in [0.1, 0.15) is 31.9 Å². The molecule has 16 heavy (non-hydrogen) atoms. The molecule has 2 unspecified atom stereocenters. The smallest absolute Gasteiger partial charge is 0.137 e. The van der Waals surface area contributed by atoms with Crippen LogP contribution >= 0.6 is 15.9 Å². The molecule has 3 heteroatoms. The van der Waals surface area contributed by atoms with Crippen LogP contribution in [0.15, 0.2) is 22.7 Å². The van der Waals surface area contributed by atoms with Crippen molar-refractivity contribution in [1.29, 1.82) is 0 Å². The van der Waals surface area contributed by atoms with Gasteiger partial charge in [0.1, 0.15) is 5.82 Å². The van der Waals surface area contributed by atoms with Crippen LogP contribution in [0.5, 0.6) is 0 Å². The van der Waals surface area contributed by atoms with E-state index in [1.807, 2.05) is 13.8 Å². The summed E-state index contributed by atoms with van der Waals surface area (Å²) < 4.78 is 13.5. The number of halogens is 2. The largest absolute Gasteiger partial charge is 0.297 e. The molecule has 0 amide bonds. The number of rotatable bonds is 4. The summed E-state index contributed by atoms with van der Waals surface area (Å²) >= 11 is 3.17. The Bertz CT molecular complexity index is 397. The molecule has 1 N–H and O–H groups in total. The van der Waals surface area contributed by atoms with Crippen LogP contribution in [0.4, 0.5) is 4.39 Å². The van der Waals surface area contributed by atoms with Crippen molar-refractivity contribution in [2.75, 3.05) is 0 Å². The lowest BCUT2D eigenvalue weighted by Gasteiger charge is -2.18. The average Bonchev–Trinajstić information content (AvgIpc) is 2.29. The highest BCUT2D eigenvalue weighted by Crippen LogP contribution is 2.21. The van der Waals surface area contributed by atoms with E-state index in [9.17, 15) is 4.39 Å². The second kappa shape index (κ2) is 6.03. The van der Waals surface area contributed by atoms with E-state index >= 15 is 0 Å². The molecule has 1 aromatic rings. The summed E-state index contributed by atoms with van der Waals surface area (Å²) in [6.07, 6.45) is 6.26. The van der Waals surface area contributed by atoms with Gasteiger partial charge in [-0.05, 0) is 47.0 Å². The first-order chi connectivity index (χ1) is 7.58. The second-order valence-electron chi connectivity index (χ2n) is 3.69. The minimum absolute atomic E-state index is 0.0545. The fourth-order valence-electron chi connectivity index (χ4n) is 1.46. The molecule has 1 aromatic carbocycles. The lowest BCUT2D eigenvalue weighted by molar-refractivity contribution is 0.511. The number of hydrogen-bond acceptors (Lipinski definition) is 1. The van der Waals surface area contributed by atoms with Crippen LogP contribution in [-0.2, 0) is 0 Å². The number of nitrogens with one attached hydrogen (secondary N) is 1. The fourth-order valence-corrected chi connectivity index (χ4v) is 1.86. The minimum atomic E-state index is -0.250. The third-order valence-electron chi connectivity index (χ3n) is 2.50. The molecule has 0 aliphatic carbocycles. The summed E-state index contributed by atoms with van der Waals surface area (Å²) in [5.41, 5.74) is 1.02. The van der Waals surface area contributed by atoms with Crippen molar-refractivity contribution in [2.45, 2.75) is 32.4 Å². The standard InChI is InChI=1S/C13H15BrFN/c1-4-11(5-2)16-9(3)10-6-7-13(15)12(14)8-10/h1,6-9,11,16H,5H2,2-3H3. The van der Waals surface area contributed by atoms with E-state index in [1.54, 1.807) is 12.1 Å². The van der Waals surface area contributed by atoms with E-state index in [4.69, 9.17) is 6.42 Å². The third-order valence-corrected chi connectivity index (χ3v) is 3.11. The van der Waals surface area contributed by atoms with Crippen molar-refractivity contribution in [3.05, 3.63) is 34.1 Å². The topological polar surface area (TPSA) is 12.0 Å². The van der Waals surface area contributed by atoms with Gasteiger partial charge in [-0.25, -0.2) is 4.39 Å². The molecule has 0 fully saturated rings. The summed E-state index contributed by atoms with van der Waals surface area (Å²) in [7, 11) is 0. The molecule has 1 nitrogen and oxygen atoms in total. The van der Waals surface area contributed by atoms with E-state index in [0.717, 1.165) is 12.0 Å². The zero-order chi connectivity index (χ0) is 12.1. The lowest BCUT2D eigenvalue weighted by atomic mass is 10.1. The molecule has 86 valence electrons. The van der Waals surface area contributed by atoms with E-state index in [1.165, 1.54) is 6.07 Å². The number of hydrogen-bond donors (Lipinski definition) is 1. The van der Waals surface area contributed by atoms with Gasteiger partial charge >= 0.3 is 0 Å². The van der Waals surface area contributed by atoms with Gasteiger partial charge in [-0.1, -0.05) is 18.9 Å². The van der Waals surface area contributed by atoms with Crippen LogP contribution in [0.2, 0.25) is 0 Å². The highest BCUT2D eigenvalue weighted by molar-refractivity contribution is 9.10. The van der Waals surface area contributed by atoms with Crippen molar-refractivity contribution in [2.24, 2.45) is 0 Å². The van der Waals surface area contributed by atoms with E-state index in [2.05, 4.69) is 27.2 Å². The summed E-state index contributed by atoms with van der Waals surface area (Å²) in [5, 5.41) is 3.30. The van der Waals surface area contributed by atoms with Gasteiger partial charge < -0.3 is 0 Å². The molecular formula is C13H15BrFN. The van der Waals surface area contributed by atoms with Gasteiger partial charge in [0.15, 0.2) is 0 Å². The molecular weight excluding hydrogens is 269 g/mol. The first-order valence-electron chi connectivity index (χ1n) is 5.25. The summed E-state index contributed by atoms with van der Waals surface area (Å²) in [5.74, 6) is 2.43. The van der Waals surface area contributed by atoms with Gasteiger partial charge in [0, 0.05) is 6.04 Å². The van der Waals surface area contributed by atoms with E-state index in [0.29, 0.717) is 4.47 Å². The van der Waals surface area contributed by atoms with Crippen molar-refractivity contribution >= 4 is 15.9 Å². The van der Waals surface area contributed by atoms with Crippen LogP contribution in [0.25, 0.3) is 0 Å². The Kier molecular flexibility index (Phi) is 4.98. The molecule has 0 saturated carbocycles. The van der Waals surface area contributed by atoms with Gasteiger partial charge in [-0.2, -0.15) is 0 Å². The van der Waals surface area contributed by atoms with Crippen molar-refractivity contribution in [1.82, 2.24) is 5.32 Å². The first kappa shape index (κ1) is 13.2.